The first-order valence-corrected chi connectivity index (χ1v) is 12.4. The molecule has 2 heterocycles. The Kier molecular flexibility index (Phi) is 7.32. The van der Waals surface area contributed by atoms with Gasteiger partial charge in [-0.3, -0.25) is 14.6 Å². The van der Waals surface area contributed by atoms with E-state index >= 15 is 0 Å². The SMILES string of the molecule is C/C(=C\c1ccc(C(C)(C)C)cc1)c1ccc2nccc(C(=O)NCC(=O)N3CC(F)(F)CC3C#N)c2c1. The molecule has 0 bridgehead atoms. The van der Waals surface area contributed by atoms with Crippen LogP contribution < -0.4 is 5.32 Å². The molecule has 1 fully saturated rings. The number of amides is 2. The minimum Gasteiger partial charge on any atom is -0.343 e. The van der Waals surface area contributed by atoms with Crippen LogP contribution in [0.15, 0.2) is 54.7 Å². The summed E-state index contributed by atoms with van der Waals surface area (Å²) in [4.78, 5) is 30.7. The zero-order valence-corrected chi connectivity index (χ0v) is 21.9. The number of aromatic nitrogens is 1. The van der Waals surface area contributed by atoms with Crippen LogP contribution in [0, 0.1) is 11.3 Å². The first-order chi connectivity index (χ1) is 17.9. The molecule has 1 saturated heterocycles. The highest BCUT2D eigenvalue weighted by atomic mass is 19.3. The van der Waals surface area contributed by atoms with Crippen molar-refractivity contribution in [1.29, 1.82) is 5.26 Å². The first-order valence-electron chi connectivity index (χ1n) is 12.4. The van der Waals surface area contributed by atoms with E-state index in [2.05, 4.69) is 61.4 Å². The van der Waals surface area contributed by atoms with E-state index in [1.165, 1.54) is 11.8 Å². The lowest BCUT2D eigenvalue weighted by atomic mass is 9.86. The lowest BCUT2D eigenvalue weighted by Gasteiger charge is -2.19. The Morgan fingerprint density at radius 3 is 2.55 bits per heavy atom. The van der Waals surface area contributed by atoms with Gasteiger partial charge in [0.1, 0.15) is 6.04 Å². The maximum Gasteiger partial charge on any atom is 0.268 e. The van der Waals surface area contributed by atoms with Crippen LogP contribution in [0.5, 0.6) is 0 Å². The van der Waals surface area contributed by atoms with Crippen LogP contribution in [0.2, 0.25) is 0 Å². The fraction of sp³-hybridized carbons (Fsp3) is 0.333. The second-order valence-corrected chi connectivity index (χ2v) is 10.7. The first kappa shape index (κ1) is 26.9. The number of nitriles is 1. The molecule has 2 aromatic carbocycles. The van der Waals surface area contributed by atoms with Crippen LogP contribution in [0.25, 0.3) is 22.6 Å². The number of benzene rings is 2. The van der Waals surface area contributed by atoms with Gasteiger partial charge in [0.15, 0.2) is 0 Å². The van der Waals surface area contributed by atoms with Gasteiger partial charge >= 0.3 is 0 Å². The van der Waals surface area contributed by atoms with Crippen molar-refractivity contribution >= 4 is 34.4 Å². The molecule has 1 aliphatic rings. The molecule has 1 unspecified atom stereocenters. The number of alkyl halides is 2. The van der Waals surface area contributed by atoms with Crippen LogP contribution in [0.3, 0.4) is 0 Å². The van der Waals surface area contributed by atoms with E-state index in [9.17, 15) is 18.4 Å². The molecule has 4 rings (SSSR count). The van der Waals surface area contributed by atoms with Gasteiger partial charge in [0.2, 0.25) is 5.91 Å². The summed E-state index contributed by atoms with van der Waals surface area (Å²) in [6.45, 7) is 7.19. The third kappa shape index (κ3) is 5.88. The summed E-state index contributed by atoms with van der Waals surface area (Å²) in [5, 5.41) is 12.2. The summed E-state index contributed by atoms with van der Waals surface area (Å²) in [5.74, 6) is -4.36. The summed E-state index contributed by atoms with van der Waals surface area (Å²) in [6.07, 6.45) is 2.87. The molecule has 0 aliphatic carbocycles. The molecule has 196 valence electrons. The number of carbonyl (C=O) groups is 2. The highest BCUT2D eigenvalue weighted by molar-refractivity contribution is 6.07. The number of carbonyl (C=O) groups excluding carboxylic acids is 2. The average Bonchev–Trinajstić information content (AvgIpc) is 3.20. The number of likely N-dealkylation sites (tertiary alicyclic amines) is 1. The maximum atomic E-state index is 13.7. The Bertz CT molecular complexity index is 1450. The van der Waals surface area contributed by atoms with E-state index < -0.39 is 43.3 Å². The number of halogens is 2. The number of fused-ring (bicyclic) bond motifs is 1. The van der Waals surface area contributed by atoms with Gasteiger partial charge in [0, 0.05) is 18.0 Å². The molecule has 1 aromatic heterocycles. The smallest absolute Gasteiger partial charge is 0.268 e. The van der Waals surface area contributed by atoms with Crippen molar-refractivity contribution in [2.24, 2.45) is 0 Å². The second kappa shape index (κ2) is 10.3. The van der Waals surface area contributed by atoms with Crippen molar-refractivity contribution in [2.75, 3.05) is 13.1 Å². The van der Waals surface area contributed by atoms with Crippen molar-refractivity contribution in [1.82, 2.24) is 15.2 Å². The molecule has 38 heavy (non-hydrogen) atoms. The number of allylic oxidation sites excluding steroid dienone is 1. The monoisotopic (exact) mass is 516 g/mol. The van der Waals surface area contributed by atoms with Crippen molar-refractivity contribution in [3.8, 4) is 6.07 Å². The molecular weight excluding hydrogens is 486 g/mol. The van der Waals surface area contributed by atoms with Gasteiger partial charge in [-0.1, -0.05) is 57.2 Å². The Labute approximate surface area is 221 Å². The van der Waals surface area contributed by atoms with Crippen LogP contribution in [-0.4, -0.2) is 46.8 Å². The summed E-state index contributed by atoms with van der Waals surface area (Å²) >= 11 is 0. The molecular formula is C30H30F2N4O2. The van der Waals surface area contributed by atoms with E-state index in [1.54, 1.807) is 12.1 Å². The quantitative estimate of drug-likeness (QED) is 0.449. The van der Waals surface area contributed by atoms with E-state index in [-0.39, 0.29) is 5.41 Å². The third-order valence-corrected chi connectivity index (χ3v) is 6.74. The highest BCUT2D eigenvalue weighted by Crippen LogP contribution is 2.32. The Morgan fingerprint density at radius 2 is 1.89 bits per heavy atom. The Hall–Kier alpha value is -4.12. The standard InChI is InChI=1S/C30H30F2N4O2/c1-19(13-20-5-8-22(9-6-20)29(2,3)4)21-7-10-26-25(14-21)24(11-12-34-26)28(38)35-17-27(37)36-18-30(31,32)15-23(36)16-33/h5-14,23H,15,17-18H2,1-4H3,(H,35,38)/b19-13+. The topological polar surface area (TPSA) is 86.1 Å². The lowest BCUT2D eigenvalue weighted by Crippen LogP contribution is -2.43. The average molecular weight is 517 g/mol. The molecule has 0 saturated carbocycles. The van der Waals surface area contributed by atoms with Crippen LogP contribution in [0.1, 0.15) is 61.2 Å². The molecule has 3 aromatic rings. The predicted octanol–water partition coefficient (Wildman–Crippen LogP) is 5.58. The molecule has 1 N–H and O–H groups in total. The fourth-order valence-electron chi connectivity index (χ4n) is 4.55. The molecule has 1 atom stereocenters. The highest BCUT2D eigenvalue weighted by Gasteiger charge is 2.47. The summed E-state index contributed by atoms with van der Waals surface area (Å²) < 4.78 is 27.4. The van der Waals surface area contributed by atoms with Gasteiger partial charge in [-0.15, -0.1) is 0 Å². The normalized spacial score (nSPS) is 17.3. The maximum absolute atomic E-state index is 13.7. The van der Waals surface area contributed by atoms with E-state index in [0.29, 0.717) is 16.5 Å². The van der Waals surface area contributed by atoms with Crippen LogP contribution in [-0.2, 0) is 10.2 Å². The second-order valence-electron chi connectivity index (χ2n) is 10.7. The molecule has 2 amide bonds. The zero-order valence-electron chi connectivity index (χ0n) is 21.9. The third-order valence-electron chi connectivity index (χ3n) is 6.74. The van der Waals surface area contributed by atoms with Gasteiger partial charge in [-0.25, -0.2) is 8.78 Å². The number of hydrogen-bond donors (Lipinski definition) is 1. The zero-order chi connectivity index (χ0) is 27.7. The number of nitrogens with one attached hydrogen (secondary N) is 1. The number of pyridine rings is 1. The van der Waals surface area contributed by atoms with Gasteiger partial charge in [-0.05, 0) is 52.8 Å². The molecule has 8 heteroatoms. The molecule has 6 nitrogen and oxygen atoms in total. The van der Waals surface area contributed by atoms with Crippen molar-refractivity contribution in [3.63, 3.8) is 0 Å². The molecule has 1 aliphatic heterocycles. The fourth-order valence-corrected chi connectivity index (χ4v) is 4.55. The van der Waals surface area contributed by atoms with Gasteiger partial charge < -0.3 is 10.2 Å². The van der Waals surface area contributed by atoms with Crippen molar-refractivity contribution in [3.05, 3.63) is 77.0 Å². The number of hydrogen-bond acceptors (Lipinski definition) is 4. The summed E-state index contributed by atoms with van der Waals surface area (Å²) in [5.41, 5.74) is 5.21. The molecule has 0 spiro atoms. The summed E-state index contributed by atoms with van der Waals surface area (Å²) in [6, 6.07) is 16.1. The number of nitrogens with zero attached hydrogens (tertiary/aromatic N) is 3. The Morgan fingerprint density at radius 1 is 1.18 bits per heavy atom. The van der Waals surface area contributed by atoms with Crippen molar-refractivity contribution < 1.29 is 18.4 Å². The largest absolute Gasteiger partial charge is 0.343 e. The van der Waals surface area contributed by atoms with Crippen molar-refractivity contribution in [2.45, 2.75) is 51.5 Å². The predicted molar refractivity (Wildman–Crippen MR) is 143 cm³/mol. The van der Waals surface area contributed by atoms with Crippen LogP contribution >= 0.6 is 0 Å². The number of rotatable bonds is 5. The van der Waals surface area contributed by atoms with E-state index in [4.69, 9.17) is 5.26 Å². The Balaban J connectivity index is 1.53. The summed E-state index contributed by atoms with van der Waals surface area (Å²) in [7, 11) is 0. The van der Waals surface area contributed by atoms with Gasteiger partial charge in [0.25, 0.3) is 11.8 Å². The van der Waals surface area contributed by atoms with Crippen LogP contribution in [0.4, 0.5) is 8.78 Å². The minimum atomic E-state index is -3.11. The van der Waals surface area contributed by atoms with Gasteiger partial charge in [-0.2, -0.15) is 5.26 Å². The van der Waals surface area contributed by atoms with E-state index in [1.807, 2.05) is 25.1 Å². The van der Waals surface area contributed by atoms with Gasteiger partial charge in [0.05, 0.1) is 30.2 Å². The minimum absolute atomic E-state index is 0.0706. The molecule has 0 radical (unpaired) electrons. The lowest BCUT2D eigenvalue weighted by molar-refractivity contribution is -0.131. The van der Waals surface area contributed by atoms with E-state index in [0.717, 1.165) is 21.6 Å².